The third-order valence-electron chi connectivity index (χ3n) is 2.80. The molecular formula is C15H25NS. The average Bonchev–Trinajstić information content (AvgIpc) is 2.26. The first kappa shape index (κ1) is 14.6. The van der Waals surface area contributed by atoms with Crippen molar-refractivity contribution in [2.24, 2.45) is 5.73 Å². The molecule has 17 heavy (non-hydrogen) atoms. The summed E-state index contributed by atoms with van der Waals surface area (Å²) in [6.07, 6.45) is 4.94. The molecule has 0 saturated heterocycles. The average molecular weight is 251 g/mol. The molecule has 0 aliphatic heterocycles. The fourth-order valence-corrected chi connectivity index (χ4v) is 2.93. The number of hydrogen-bond acceptors (Lipinski definition) is 2. The van der Waals surface area contributed by atoms with Crippen molar-refractivity contribution in [3.05, 3.63) is 29.3 Å². The van der Waals surface area contributed by atoms with E-state index in [-0.39, 0.29) is 6.04 Å². The summed E-state index contributed by atoms with van der Waals surface area (Å²) >= 11 is 1.98. The molecule has 2 N–H and O–H groups in total. The minimum atomic E-state index is 0.248. The Hall–Kier alpha value is -0.470. The lowest BCUT2D eigenvalue weighted by Crippen LogP contribution is -2.17. The van der Waals surface area contributed by atoms with E-state index in [9.17, 15) is 0 Å². The fraction of sp³-hybridized carbons (Fsp3) is 0.600. The highest BCUT2D eigenvalue weighted by molar-refractivity contribution is 7.99. The van der Waals surface area contributed by atoms with Crippen LogP contribution in [0.4, 0.5) is 0 Å². The predicted octanol–water partition coefficient (Wildman–Crippen LogP) is 4.17. The summed E-state index contributed by atoms with van der Waals surface area (Å²) in [6, 6.07) is 7.01. The number of nitrogens with two attached hydrogens (primary N) is 1. The maximum Gasteiger partial charge on any atom is 0.0101 e. The van der Waals surface area contributed by atoms with Gasteiger partial charge in [0.1, 0.15) is 0 Å². The van der Waals surface area contributed by atoms with Crippen LogP contribution in [-0.2, 0) is 6.42 Å². The van der Waals surface area contributed by atoms with Gasteiger partial charge in [-0.25, -0.2) is 0 Å². The normalized spacial score (nSPS) is 12.7. The van der Waals surface area contributed by atoms with Gasteiger partial charge in [0.05, 0.1) is 0 Å². The number of benzene rings is 1. The van der Waals surface area contributed by atoms with Gasteiger partial charge < -0.3 is 5.73 Å². The lowest BCUT2D eigenvalue weighted by atomic mass is 10.1. The first-order valence-corrected chi connectivity index (χ1v) is 7.60. The molecule has 1 nitrogen and oxygen atoms in total. The van der Waals surface area contributed by atoms with Gasteiger partial charge in [0.2, 0.25) is 0 Å². The molecule has 0 heterocycles. The topological polar surface area (TPSA) is 26.0 Å². The monoisotopic (exact) mass is 251 g/mol. The van der Waals surface area contributed by atoms with Crippen LogP contribution >= 0.6 is 11.8 Å². The molecule has 96 valence electrons. The van der Waals surface area contributed by atoms with Crippen LogP contribution in [0.15, 0.2) is 23.1 Å². The zero-order chi connectivity index (χ0) is 12.7. The number of aryl methyl sites for hydroxylation is 1. The van der Waals surface area contributed by atoms with E-state index in [1.165, 1.54) is 41.0 Å². The second-order valence-electron chi connectivity index (χ2n) is 4.84. The van der Waals surface area contributed by atoms with Gasteiger partial charge in [-0.1, -0.05) is 31.9 Å². The number of rotatable bonds is 7. The van der Waals surface area contributed by atoms with Gasteiger partial charge in [-0.05, 0) is 49.6 Å². The predicted molar refractivity (Wildman–Crippen MR) is 78.8 cm³/mol. The second-order valence-corrected chi connectivity index (χ2v) is 5.97. The van der Waals surface area contributed by atoms with E-state index < -0.39 is 0 Å². The lowest BCUT2D eigenvalue weighted by molar-refractivity contribution is 0.737. The third-order valence-corrected chi connectivity index (χ3v) is 4.06. The van der Waals surface area contributed by atoms with Crippen LogP contribution in [-0.4, -0.2) is 11.8 Å². The van der Waals surface area contributed by atoms with Gasteiger partial charge >= 0.3 is 0 Å². The molecule has 0 aromatic heterocycles. The molecule has 1 atom stereocenters. The third kappa shape index (κ3) is 5.60. The summed E-state index contributed by atoms with van der Waals surface area (Å²) in [6.45, 7) is 6.51. The molecule has 1 aromatic rings. The van der Waals surface area contributed by atoms with E-state index in [0.717, 1.165) is 6.42 Å². The van der Waals surface area contributed by atoms with Crippen LogP contribution in [0.5, 0.6) is 0 Å². The molecule has 2 heteroatoms. The van der Waals surface area contributed by atoms with E-state index in [1.54, 1.807) is 0 Å². The Morgan fingerprint density at radius 3 is 2.65 bits per heavy atom. The summed E-state index contributed by atoms with van der Waals surface area (Å²) < 4.78 is 0. The van der Waals surface area contributed by atoms with Crippen LogP contribution in [0.25, 0.3) is 0 Å². The van der Waals surface area contributed by atoms with Crippen molar-refractivity contribution < 1.29 is 0 Å². The van der Waals surface area contributed by atoms with Crippen molar-refractivity contribution in [3.8, 4) is 0 Å². The highest BCUT2D eigenvalue weighted by Gasteiger charge is 2.03. The smallest absolute Gasteiger partial charge is 0.0101 e. The largest absolute Gasteiger partial charge is 0.328 e. The van der Waals surface area contributed by atoms with E-state index in [2.05, 4.69) is 39.0 Å². The van der Waals surface area contributed by atoms with Gasteiger partial charge in [-0.15, -0.1) is 11.8 Å². The van der Waals surface area contributed by atoms with Gasteiger partial charge in [0, 0.05) is 10.9 Å². The highest BCUT2D eigenvalue weighted by Crippen LogP contribution is 2.24. The van der Waals surface area contributed by atoms with Crippen LogP contribution in [0.1, 0.15) is 44.2 Å². The molecule has 0 fully saturated rings. The maximum atomic E-state index is 5.82. The molecule has 0 bridgehead atoms. The lowest BCUT2D eigenvalue weighted by Gasteiger charge is -2.10. The molecule has 0 saturated carbocycles. The zero-order valence-corrected chi connectivity index (χ0v) is 12.1. The van der Waals surface area contributed by atoms with Crippen molar-refractivity contribution >= 4 is 11.8 Å². The van der Waals surface area contributed by atoms with Gasteiger partial charge in [-0.2, -0.15) is 0 Å². The van der Waals surface area contributed by atoms with Gasteiger partial charge in [0.25, 0.3) is 0 Å². The highest BCUT2D eigenvalue weighted by atomic mass is 32.2. The van der Waals surface area contributed by atoms with E-state index >= 15 is 0 Å². The summed E-state index contributed by atoms with van der Waals surface area (Å²) in [5, 5.41) is 0. The second kappa shape index (κ2) is 7.78. The fourth-order valence-electron chi connectivity index (χ4n) is 1.91. The standard InChI is InChI=1S/C15H25NS/c1-4-5-6-9-17-15-8-7-14(10-12(15)2)11-13(3)16/h7-8,10,13H,4-6,9,11,16H2,1-3H3. The Labute approximate surface area is 110 Å². The molecule has 0 aliphatic carbocycles. The molecule has 0 aliphatic rings. The van der Waals surface area contributed by atoms with E-state index in [0.29, 0.717) is 0 Å². The quantitative estimate of drug-likeness (QED) is 0.581. The summed E-state index contributed by atoms with van der Waals surface area (Å²) in [7, 11) is 0. The van der Waals surface area contributed by atoms with Crippen molar-refractivity contribution in [3.63, 3.8) is 0 Å². The maximum absolute atomic E-state index is 5.82. The van der Waals surface area contributed by atoms with Crippen molar-refractivity contribution in [2.45, 2.75) is 57.4 Å². The summed E-state index contributed by atoms with van der Waals surface area (Å²) in [5.41, 5.74) is 8.57. The van der Waals surface area contributed by atoms with Crippen molar-refractivity contribution in [1.29, 1.82) is 0 Å². The number of unbranched alkanes of at least 4 members (excludes halogenated alkanes) is 2. The van der Waals surface area contributed by atoms with Crippen molar-refractivity contribution in [1.82, 2.24) is 0 Å². The van der Waals surface area contributed by atoms with Gasteiger partial charge in [-0.3, -0.25) is 0 Å². The Balaban J connectivity index is 2.51. The van der Waals surface area contributed by atoms with Crippen LogP contribution in [0.3, 0.4) is 0 Å². The van der Waals surface area contributed by atoms with Crippen LogP contribution in [0, 0.1) is 6.92 Å². The molecular weight excluding hydrogens is 226 g/mol. The molecule has 0 amide bonds. The number of hydrogen-bond donors (Lipinski definition) is 1. The molecule has 1 aromatic carbocycles. The Morgan fingerprint density at radius 1 is 1.29 bits per heavy atom. The number of thioether (sulfide) groups is 1. The molecule has 0 spiro atoms. The first-order chi connectivity index (χ1) is 8.13. The SMILES string of the molecule is CCCCCSc1ccc(CC(C)N)cc1C. The first-order valence-electron chi connectivity index (χ1n) is 6.61. The molecule has 1 rings (SSSR count). The van der Waals surface area contributed by atoms with E-state index in [4.69, 9.17) is 5.73 Å². The van der Waals surface area contributed by atoms with Crippen LogP contribution in [0.2, 0.25) is 0 Å². The molecule has 0 radical (unpaired) electrons. The van der Waals surface area contributed by atoms with Crippen LogP contribution < -0.4 is 5.73 Å². The minimum Gasteiger partial charge on any atom is -0.328 e. The van der Waals surface area contributed by atoms with Crippen molar-refractivity contribution in [2.75, 3.05) is 5.75 Å². The Morgan fingerprint density at radius 2 is 2.06 bits per heavy atom. The Kier molecular flexibility index (Phi) is 6.68. The van der Waals surface area contributed by atoms with Gasteiger partial charge in [0.15, 0.2) is 0 Å². The summed E-state index contributed by atoms with van der Waals surface area (Å²) in [4.78, 5) is 1.43. The van der Waals surface area contributed by atoms with E-state index in [1.807, 2.05) is 11.8 Å². The Bertz CT molecular complexity index is 334. The minimum absolute atomic E-state index is 0.248. The summed E-state index contributed by atoms with van der Waals surface area (Å²) in [5.74, 6) is 1.24. The molecule has 1 unspecified atom stereocenters. The zero-order valence-electron chi connectivity index (χ0n) is 11.3.